The molecule has 74 valence electrons. The zero-order chi connectivity index (χ0) is 9.07. The highest BCUT2D eigenvalue weighted by Crippen LogP contribution is 2.17. The van der Waals surface area contributed by atoms with E-state index in [-0.39, 0.29) is 30.7 Å². The van der Waals surface area contributed by atoms with Crippen LogP contribution in [0.5, 0.6) is 0 Å². The van der Waals surface area contributed by atoms with Crippen LogP contribution in [0.1, 0.15) is 27.2 Å². The molecule has 2 N–H and O–H groups in total. The van der Waals surface area contributed by atoms with Gasteiger partial charge in [0.1, 0.15) is 0 Å². The summed E-state index contributed by atoms with van der Waals surface area (Å²) in [5.74, 6) is 0.0327. The smallest absolute Gasteiger partial charge is 0.307 e. The molecule has 4 heteroatoms. The molecule has 0 amide bonds. The van der Waals surface area contributed by atoms with E-state index in [1.54, 1.807) is 0 Å². The molecule has 0 radical (unpaired) electrons. The molecule has 1 atom stereocenters. The zero-order valence-electron chi connectivity index (χ0n) is 8.09. The van der Waals surface area contributed by atoms with Gasteiger partial charge >= 0.3 is 5.97 Å². The van der Waals surface area contributed by atoms with Crippen LogP contribution < -0.4 is 5.73 Å². The molecule has 0 aromatic rings. The molecule has 0 saturated carbocycles. The van der Waals surface area contributed by atoms with Crippen molar-refractivity contribution in [2.24, 2.45) is 11.7 Å². The van der Waals surface area contributed by atoms with Crippen LogP contribution in [0.4, 0.5) is 0 Å². The van der Waals surface area contributed by atoms with Gasteiger partial charge in [-0.05, 0) is 12.8 Å². The summed E-state index contributed by atoms with van der Waals surface area (Å²) in [6, 6.07) is 0. The molecule has 0 unspecified atom stereocenters. The highest BCUT2D eigenvalue weighted by atomic mass is 35.5. The fraction of sp³-hybridized carbons (Fsp3) is 0.875. The van der Waals surface area contributed by atoms with E-state index in [1.165, 1.54) is 7.11 Å². The van der Waals surface area contributed by atoms with Crippen molar-refractivity contribution >= 4 is 18.4 Å². The quantitative estimate of drug-likeness (QED) is 0.692. The Morgan fingerprint density at radius 1 is 1.58 bits per heavy atom. The van der Waals surface area contributed by atoms with Crippen molar-refractivity contribution in [3.8, 4) is 0 Å². The van der Waals surface area contributed by atoms with Crippen molar-refractivity contribution in [3.63, 3.8) is 0 Å². The molecule has 0 aliphatic rings. The number of hydrogen-bond donors (Lipinski definition) is 1. The van der Waals surface area contributed by atoms with Crippen LogP contribution >= 0.6 is 12.4 Å². The number of ether oxygens (including phenoxy) is 1. The van der Waals surface area contributed by atoms with Crippen LogP contribution in [0.2, 0.25) is 0 Å². The van der Waals surface area contributed by atoms with Crippen LogP contribution in [0.25, 0.3) is 0 Å². The molecule has 0 fully saturated rings. The molecule has 12 heavy (non-hydrogen) atoms. The van der Waals surface area contributed by atoms with Gasteiger partial charge in [0.15, 0.2) is 0 Å². The average molecular weight is 196 g/mol. The first kappa shape index (κ1) is 14.3. The summed E-state index contributed by atoms with van der Waals surface area (Å²) in [6.45, 7) is 5.83. The van der Waals surface area contributed by atoms with Gasteiger partial charge in [-0.1, -0.05) is 13.8 Å². The van der Waals surface area contributed by atoms with E-state index in [9.17, 15) is 4.79 Å². The maximum Gasteiger partial charge on any atom is 0.307 e. The monoisotopic (exact) mass is 195 g/mol. The third-order valence-corrected chi connectivity index (χ3v) is 2.07. The second kappa shape index (κ2) is 5.38. The molecular formula is C8H18ClNO2. The van der Waals surface area contributed by atoms with Crippen molar-refractivity contribution < 1.29 is 9.53 Å². The standard InChI is InChI=1S/C8H17NO2.ClH/c1-6(2)8(3,9)5-7(10)11-4;/h6H,5,9H2,1-4H3;1H/t8-;/m0./s1. The molecule has 0 aliphatic carbocycles. The van der Waals surface area contributed by atoms with E-state index >= 15 is 0 Å². The third-order valence-electron chi connectivity index (χ3n) is 2.07. The van der Waals surface area contributed by atoms with Gasteiger partial charge in [-0.3, -0.25) is 4.79 Å². The molecule has 0 aromatic heterocycles. The normalized spacial score (nSPS) is 14.8. The maximum absolute atomic E-state index is 10.8. The lowest BCUT2D eigenvalue weighted by atomic mass is 9.86. The molecule has 0 spiro atoms. The molecule has 0 rings (SSSR count). The Labute approximate surface area is 80.1 Å². The van der Waals surface area contributed by atoms with Crippen LogP contribution in [-0.4, -0.2) is 18.6 Å². The highest BCUT2D eigenvalue weighted by molar-refractivity contribution is 5.85. The Bertz CT molecular complexity index is 146. The molecule has 0 bridgehead atoms. The first-order chi connectivity index (χ1) is 4.90. The predicted octanol–water partition coefficient (Wildman–Crippen LogP) is 1.34. The lowest BCUT2D eigenvalue weighted by Gasteiger charge is -2.27. The fourth-order valence-electron chi connectivity index (χ4n) is 0.587. The fourth-order valence-corrected chi connectivity index (χ4v) is 0.587. The summed E-state index contributed by atoms with van der Waals surface area (Å²) in [7, 11) is 1.37. The summed E-state index contributed by atoms with van der Waals surface area (Å²) in [4.78, 5) is 10.8. The van der Waals surface area contributed by atoms with Crippen LogP contribution in [0.3, 0.4) is 0 Å². The van der Waals surface area contributed by atoms with Crippen molar-refractivity contribution in [2.75, 3.05) is 7.11 Å². The topological polar surface area (TPSA) is 52.3 Å². The maximum atomic E-state index is 10.8. The highest BCUT2D eigenvalue weighted by Gasteiger charge is 2.26. The number of esters is 1. The van der Waals surface area contributed by atoms with E-state index in [1.807, 2.05) is 20.8 Å². The third kappa shape index (κ3) is 4.57. The summed E-state index contributed by atoms with van der Waals surface area (Å²) >= 11 is 0. The number of hydrogen-bond acceptors (Lipinski definition) is 3. The molecule has 0 aliphatic heterocycles. The molecule has 0 heterocycles. The predicted molar refractivity (Wildman–Crippen MR) is 51.3 cm³/mol. The van der Waals surface area contributed by atoms with Crippen molar-refractivity contribution in [3.05, 3.63) is 0 Å². The summed E-state index contributed by atoms with van der Waals surface area (Å²) < 4.78 is 4.52. The van der Waals surface area contributed by atoms with E-state index in [0.29, 0.717) is 0 Å². The van der Waals surface area contributed by atoms with Gasteiger partial charge in [-0.25, -0.2) is 0 Å². The number of nitrogens with two attached hydrogens (primary N) is 1. The molecular weight excluding hydrogens is 178 g/mol. The number of halogens is 1. The minimum atomic E-state index is -0.451. The van der Waals surface area contributed by atoms with E-state index in [0.717, 1.165) is 0 Å². The SMILES string of the molecule is COC(=O)C[C@](C)(N)C(C)C.Cl. The number of rotatable bonds is 3. The van der Waals surface area contributed by atoms with E-state index < -0.39 is 5.54 Å². The number of methoxy groups -OCH3 is 1. The Morgan fingerprint density at radius 3 is 2.25 bits per heavy atom. The van der Waals surface area contributed by atoms with Crippen LogP contribution in [0.15, 0.2) is 0 Å². The Morgan fingerprint density at radius 2 is 2.00 bits per heavy atom. The van der Waals surface area contributed by atoms with E-state index in [4.69, 9.17) is 5.73 Å². The van der Waals surface area contributed by atoms with Crippen molar-refractivity contribution in [1.29, 1.82) is 0 Å². The van der Waals surface area contributed by atoms with Crippen molar-refractivity contribution in [1.82, 2.24) is 0 Å². The van der Waals surface area contributed by atoms with Gasteiger partial charge in [0, 0.05) is 5.54 Å². The second-order valence-corrected chi connectivity index (χ2v) is 3.41. The van der Waals surface area contributed by atoms with Gasteiger partial charge in [0.05, 0.1) is 13.5 Å². The molecule has 0 aromatic carbocycles. The van der Waals surface area contributed by atoms with Gasteiger partial charge in [-0.15, -0.1) is 12.4 Å². The second-order valence-electron chi connectivity index (χ2n) is 3.41. The van der Waals surface area contributed by atoms with Gasteiger partial charge < -0.3 is 10.5 Å². The molecule has 3 nitrogen and oxygen atoms in total. The zero-order valence-corrected chi connectivity index (χ0v) is 8.90. The summed E-state index contributed by atoms with van der Waals surface area (Å²) in [5, 5.41) is 0. The number of carbonyl (C=O) groups is 1. The van der Waals surface area contributed by atoms with Gasteiger partial charge in [0.25, 0.3) is 0 Å². The largest absolute Gasteiger partial charge is 0.469 e. The summed E-state index contributed by atoms with van der Waals surface area (Å²) in [5.41, 5.74) is 5.38. The average Bonchev–Trinajstić information content (AvgIpc) is 1.86. The van der Waals surface area contributed by atoms with Crippen molar-refractivity contribution in [2.45, 2.75) is 32.7 Å². The van der Waals surface area contributed by atoms with Gasteiger partial charge in [-0.2, -0.15) is 0 Å². The van der Waals surface area contributed by atoms with E-state index in [2.05, 4.69) is 4.74 Å². The molecule has 0 saturated heterocycles. The minimum absolute atomic E-state index is 0. The van der Waals surface area contributed by atoms with Crippen LogP contribution in [-0.2, 0) is 9.53 Å². The number of carbonyl (C=O) groups excluding carboxylic acids is 1. The Hall–Kier alpha value is -0.280. The Kier molecular flexibility index (Phi) is 6.39. The van der Waals surface area contributed by atoms with Crippen LogP contribution in [0, 0.1) is 5.92 Å². The minimum Gasteiger partial charge on any atom is -0.469 e. The lowest BCUT2D eigenvalue weighted by molar-refractivity contribution is -0.142. The van der Waals surface area contributed by atoms with Gasteiger partial charge in [0.2, 0.25) is 0 Å². The first-order valence-electron chi connectivity index (χ1n) is 3.76. The first-order valence-corrected chi connectivity index (χ1v) is 3.76. The Balaban J connectivity index is 0. The lowest BCUT2D eigenvalue weighted by Crippen LogP contribution is -2.43. The summed E-state index contributed by atoms with van der Waals surface area (Å²) in [6.07, 6.45) is 0.279.